The number of carbonyl (C=O) groups is 1. The van der Waals surface area contributed by atoms with Gasteiger partial charge >= 0.3 is 6.18 Å². The molecule has 0 fully saturated rings. The first-order valence-corrected chi connectivity index (χ1v) is 6.60. The van der Waals surface area contributed by atoms with Crippen molar-refractivity contribution in [2.75, 3.05) is 13.6 Å². The Kier molecular flexibility index (Phi) is 5.37. The summed E-state index contributed by atoms with van der Waals surface area (Å²) >= 11 is 1.61. The van der Waals surface area contributed by atoms with Crippen molar-refractivity contribution in [3.63, 3.8) is 0 Å². The Hall–Kier alpha value is -1.08. The largest absolute Gasteiger partial charge is 0.405 e. The second-order valence-corrected chi connectivity index (χ2v) is 5.81. The molecule has 0 aliphatic heterocycles. The van der Waals surface area contributed by atoms with Crippen LogP contribution in [0.15, 0.2) is 12.1 Å². The van der Waals surface area contributed by atoms with Crippen LogP contribution >= 0.6 is 11.3 Å². The number of nitrogens with zero attached hydrogens (tertiary/aromatic N) is 1. The fourth-order valence-corrected chi connectivity index (χ4v) is 2.44. The van der Waals surface area contributed by atoms with Gasteiger partial charge < -0.3 is 5.32 Å². The highest BCUT2D eigenvalue weighted by molar-refractivity contribution is 7.11. The summed E-state index contributed by atoms with van der Waals surface area (Å²) < 4.78 is 36.0. The molecule has 0 aliphatic carbocycles. The van der Waals surface area contributed by atoms with Gasteiger partial charge in [0.25, 0.3) is 0 Å². The number of likely N-dealkylation sites (N-methyl/N-ethyl adjacent to an activating group) is 1. The summed E-state index contributed by atoms with van der Waals surface area (Å²) in [6.07, 6.45) is -4.38. The molecule has 0 saturated carbocycles. The SMILES string of the molecule is Cc1ccc(CN(C)[C@H](C)C(=O)NCC(F)(F)F)s1. The number of hydrogen-bond donors (Lipinski definition) is 1. The average molecular weight is 294 g/mol. The molecule has 0 bridgehead atoms. The fourth-order valence-electron chi connectivity index (χ4n) is 1.49. The van der Waals surface area contributed by atoms with E-state index in [0.717, 1.165) is 9.75 Å². The molecule has 0 unspecified atom stereocenters. The van der Waals surface area contributed by atoms with Crippen molar-refractivity contribution in [3.05, 3.63) is 21.9 Å². The Balaban J connectivity index is 2.47. The molecular weight excluding hydrogens is 277 g/mol. The molecule has 0 radical (unpaired) electrons. The van der Waals surface area contributed by atoms with Crippen molar-refractivity contribution in [2.45, 2.75) is 32.6 Å². The van der Waals surface area contributed by atoms with Crippen LogP contribution in [-0.4, -0.2) is 36.6 Å². The van der Waals surface area contributed by atoms with Crippen LogP contribution < -0.4 is 5.32 Å². The molecule has 1 aromatic heterocycles. The average Bonchev–Trinajstić information content (AvgIpc) is 2.69. The van der Waals surface area contributed by atoms with Gasteiger partial charge in [-0.05, 0) is 33.0 Å². The van der Waals surface area contributed by atoms with Gasteiger partial charge in [-0.25, -0.2) is 0 Å². The Morgan fingerprint density at radius 3 is 2.58 bits per heavy atom. The van der Waals surface area contributed by atoms with E-state index in [-0.39, 0.29) is 0 Å². The summed E-state index contributed by atoms with van der Waals surface area (Å²) in [6.45, 7) is 2.82. The van der Waals surface area contributed by atoms with Gasteiger partial charge in [0.2, 0.25) is 5.91 Å². The van der Waals surface area contributed by atoms with Gasteiger partial charge in [0.1, 0.15) is 6.54 Å². The molecule has 1 atom stereocenters. The first-order valence-electron chi connectivity index (χ1n) is 5.79. The summed E-state index contributed by atoms with van der Waals surface area (Å²) in [7, 11) is 1.72. The van der Waals surface area contributed by atoms with E-state index in [1.807, 2.05) is 24.4 Å². The van der Waals surface area contributed by atoms with Gasteiger partial charge in [-0.3, -0.25) is 9.69 Å². The lowest BCUT2D eigenvalue weighted by atomic mass is 10.2. The van der Waals surface area contributed by atoms with E-state index >= 15 is 0 Å². The van der Waals surface area contributed by atoms with E-state index in [0.29, 0.717) is 6.54 Å². The third-order valence-electron chi connectivity index (χ3n) is 2.70. The van der Waals surface area contributed by atoms with Crippen LogP contribution in [-0.2, 0) is 11.3 Å². The summed E-state index contributed by atoms with van der Waals surface area (Å²) in [5, 5.41) is 1.89. The second-order valence-electron chi connectivity index (χ2n) is 4.44. The zero-order valence-corrected chi connectivity index (χ0v) is 11.9. The van der Waals surface area contributed by atoms with E-state index in [9.17, 15) is 18.0 Å². The molecular formula is C12H17F3N2OS. The molecule has 7 heteroatoms. The molecule has 1 rings (SSSR count). The molecule has 1 amide bonds. The maximum atomic E-state index is 12.0. The van der Waals surface area contributed by atoms with Crippen molar-refractivity contribution in [1.29, 1.82) is 0 Å². The van der Waals surface area contributed by atoms with Gasteiger partial charge in [0, 0.05) is 16.3 Å². The number of carbonyl (C=O) groups excluding carboxylic acids is 1. The Labute approximate surface area is 114 Å². The first-order chi connectivity index (χ1) is 8.69. The topological polar surface area (TPSA) is 32.3 Å². The minimum absolute atomic E-state index is 0.541. The van der Waals surface area contributed by atoms with Crippen LogP contribution in [0.3, 0.4) is 0 Å². The number of amides is 1. The molecule has 0 aromatic carbocycles. The van der Waals surface area contributed by atoms with Crippen LogP contribution in [0.4, 0.5) is 13.2 Å². The van der Waals surface area contributed by atoms with E-state index < -0.39 is 24.7 Å². The maximum absolute atomic E-state index is 12.0. The number of alkyl halides is 3. The molecule has 1 aromatic rings. The monoisotopic (exact) mass is 294 g/mol. The third kappa shape index (κ3) is 5.61. The number of aryl methyl sites for hydroxylation is 1. The predicted octanol–water partition coefficient (Wildman–Crippen LogP) is 2.56. The lowest BCUT2D eigenvalue weighted by Gasteiger charge is -2.23. The zero-order chi connectivity index (χ0) is 14.6. The minimum atomic E-state index is -4.38. The molecule has 0 aliphatic rings. The zero-order valence-electron chi connectivity index (χ0n) is 11.0. The Bertz CT molecular complexity index is 431. The molecule has 0 spiro atoms. The highest BCUT2D eigenvalue weighted by Gasteiger charge is 2.29. The van der Waals surface area contributed by atoms with Crippen molar-refractivity contribution >= 4 is 17.2 Å². The minimum Gasteiger partial charge on any atom is -0.346 e. The van der Waals surface area contributed by atoms with Crippen molar-refractivity contribution in [2.24, 2.45) is 0 Å². The van der Waals surface area contributed by atoms with Crippen LogP contribution in [0.25, 0.3) is 0 Å². The Morgan fingerprint density at radius 1 is 1.47 bits per heavy atom. The van der Waals surface area contributed by atoms with Gasteiger partial charge in [-0.15, -0.1) is 11.3 Å². The summed E-state index contributed by atoms with van der Waals surface area (Å²) in [5.74, 6) is -0.617. The number of hydrogen-bond acceptors (Lipinski definition) is 3. The van der Waals surface area contributed by atoms with Gasteiger partial charge in [-0.2, -0.15) is 13.2 Å². The van der Waals surface area contributed by atoms with Crippen LogP contribution in [0.2, 0.25) is 0 Å². The van der Waals surface area contributed by atoms with Crippen molar-refractivity contribution < 1.29 is 18.0 Å². The first kappa shape index (κ1) is 16.0. The maximum Gasteiger partial charge on any atom is 0.405 e. The smallest absolute Gasteiger partial charge is 0.346 e. The van der Waals surface area contributed by atoms with E-state index in [1.165, 1.54) is 0 Å². The number of halogens is 3. The quantitative estimate of drug-likeness (QED) is 0.905. The van der Waals surface area contributed by atoms with Crippen LogP contribution in [0, 0.1) is 6.92 Å². The van der Waals surface area contributed by atoms with E-state index in [2.05, 4.69) is 0 Å². The summed E-state index contributed by atoms with van der Waals surface area (Å²) in [5.41, 5.74) is 0. The highest BCUT2D eigenvalue weighted by atomic mass is 32.1. The molecule has 3 nitrogen and oxygen atoms in total. The number of rotatable bonds is 5. The fraction of sp³-hybridized carbons (Fsp3) is 0.583. The molecule has 0 saturated heterocycles. The van der Waals surface area contributed by atoms with Gasteiger partial charge in [0.05, 0.1) is 6.04 Å². The molecule has 108 valence electrons. The van der Waals surface area contributed by atoms with E-state index in [1.54, 1.807) is 30.2 Å². The second kappa shape index (κ2) is 6.38. The van der Waals surface area contributed by atoms with Gasteiger partial charge in [-0.1, -0.05) is 0 Å². The highest BCUT2D eigenvalue weighted by Crippen LogP contribution is 2.17. The third-order valence-corrected chi connectivity index (χ3v) is 3.69. The predicted molar refractivity (Wildman–Crippen MR) is 69.0 cm³/mol. The number of thiophene rings is 1. The van der Waals surface area contributed by atoms with Crippen LogP contribution in [0.5, 0.6) is 0 Å². The number of nitrogens with one attached hydrogen (secondary N) is 1. The molecule has 1 N–H and O–H groups in total. The summed E-state index contributed by atoms with van der Waals surface area (Å²) in [4.78, 5) is 15.5. The van der Waals surface area contributed by atoms with Crippen molar-refractivity contribution in [1.82, 2.24) is 10.2 Å². The normalized spacial score (nSPS) is 13.6. The lowest BCUT2D eigenvalue weighted by Crippen LogP contribution is -2.45. The lowest BCUT2D eigenvalue weighted by molar-refractivity contribution is -0.141. The molecule has 19 heavy (non-hydrogen) atoms. The molecule has 1 heterocycles. The summed E-state index contributed by atoms with van der Waals surface area (Å²) in [6, 6.07) is 3.32. The Morgan fingerprint density at radius 2 is 2.11 bits per heavy atom. The standard InChI is InChI=1S/C12H17F3N2OS/c1-8-4-5-10(19-8)6-17(3)9(2)11(18)16-7-12(13,14)15/h4-5,9H,6-7H2,1-3H3,(H,16,18)/t9-/m1/s1. The van der Waals surface area contributed by atoms with Gasteiger partial charge in [0.15, 0.2) is 0 Å². The van der Waals surface area contributed by atoms with Crippen molar-refractivity contribution in [3.8, 4) is 0 Å². The van der Waals surface area contributed by atoms with Crippen LogP contribution in [0.1, 0.15) is 16.7 Å². The van der Waals surface area contributed by atoms with E-state index in [4.69, 9.17) is 0 Å².